The standard InChI is InChI=1S/C16H31NO4Si/c1-15(2,3)20-14(19)17-10-12(18)9-13(11-17)21-22(7,8)16(4,5)6/h13H,9-11H2,1-8H3/t13-/m1/s1. The predicted octanol–water partition coefficient (Wildman–Crippen LogP) is 3.59. The van der Waals surface area contributed by atoms with E-state index in [2.05, 4.69) is 33.9 Å². The molecule has 0 saturated carbocycles. The molecule has 1 saturated heterocycles. The Labute approximate surface area is 135 Å². The van der Waals surface area contributed by atoms with E-state index >= 15 is 0 Å². The van der Waals surface area contributed by atoms with Crippen LogP contribution in [-0.2, 0) is 14.0 Å². The van der Waals surface area contributed by atoms with E-state index in [4.69, 9.17) is 9.16 Å². The van der Waals surface area contributed by atoms with Crippen LogP contribution in [0.25, 0.3) is 0 Å². The molecule has 0 unspecified atom stereocenters. The molecule has 1 rings (SSSR count). The van der Waals surface area contributed by atoms with Gasteiger partial charge in [-0.3, -0.25) is 9.69 Å². The number of nitrogens with zero attached hydrogens (tertiary/aromatic N) is 1. The van der Waals surface area contributed by atoms with Crippen LogP contribution in [-0.4, -0.2) is 49.9 Å². The molecule has 0 N–H and O–H groups in total. The van der Waals surface area contributed by atoms with E-state index < -0.39 is 20.0 Å². The molecule has 1 aliphatic rings. The quantitative estimate of drug-likeness (QED) is 0.727. The Kier molecular flexibility index (Phi) is 5.50. The summed E-state index contributed by atoms with van der Waals surface area (Å²) in [5, 5.41) is 0.0737. The molecule has 0 radical (unpaired) electrons. The molecule has 1 atom stereocenters. The SMILES string of the molecule is CC(C)(C)OC(=O)N1CC(=O)C[C@@H](O[Si](C)(C)C(C)(C)C)C1. The maximum atomic E-state index is 12.2. The topological polar surface area (TPSA) is 55.8 Å². The largest absolute Gasteiger partial charge is 0.444 e. The van der Waals surface area contributed by atoms with Gasteiger partial charge in [-0.15, -0.1) is 0 Å². The van der Waals surface area contributed by atoms with Crippen molar-refractivity contribution in [1.82, 2.24) is 4.90 Å². The van der Waals surface area contributed by atoms with Crippen LogP contribution >= 0.6 is 0 Å². The zero-order valence-electron chi connectivity index (χ0n) is 15.3. The highest BCUT2D eigenvalue weighted by Gasteiger charge is 2.41. The Morgan fingerprint density at radius 3 is 2.18 bits per heavy atom. The molecule has 0 aromatic carbocycles. The zero-order chi connectivity index (χ0) is 17.3. The molecule has 0 bridgehead atoms. The van der Waals surface area contributed by atoms with Gasteiger partial charge in [0.1, 0.15) is 5.60 Å². The molecular weight excluding hydrogens is 298 g/mol. The number of ketones is 1. The second kappa shape index (κ2) is 6.32. The Hall–Kier alpha value is -0.883. The van der Waals surface area contributed by atoms with Gasteiger partial charge in [0.05, 0.1) is 12.6 Å². The summed E-state index contributed by atoms with van der Waals surface area (Å²) in [6.07, 6.45) is -0.287. The molecule has 0 spiro atoms. The number of carbonyl (C=O) groups is 2. The van der Waals surface area contributed by atoms with Crippen molar-refractivity contribution in [3.63, 3.8) is 0 Å². The van der Waals surface area contributed by atoms with Crippen molar-refractivity contribution in [2.75, 3.05) is 13.1 Å². The molecule has 0 aromatic heterocycles. The van der Waals surface area contributed by atoms with Crippen LogP contribution in [0.2, 0.25) is 18.1 Å². The van der Waals surface area contributed by atoms with Gasteiger partial charge in [-0.2, -0.15) is 0 Å². The number of rotatable bonds is 2. The molecule has 5 nitrogen and oxygen atoms in total. The van der Waals surface area contributed by atoms with Crippen molar-refractivity contribution < 1.29 is 18.8 Å². The van der Waals surface area contributed by atoms with Crippen molar-refractivity contribution in [2.24, 2.45) is 0 Å². The van der Waals surface area contributed by atoms with E-state index in [0.29, 0.717) is 13.0 Å². The fourth-order valence-electron chi connectivity index (χ4n) is 2.04. The summed E-state index contributed by atoms with van der Waals surface area (Å²) in [6.45, 7) is 16.8. The minimum absolute atomic E-state index is 0.0285. The Balaban J connectivity index is 2.76. The number of likely N-dealkylation sites (tertiary alicyclic amines) is 1. The first kappa shape index (κ1) is 19.2. The number of carbonyl (C=O) groups excluding carboxylic acids is 2. The summed E-state index contributed by atoms with van der Waals surface area (Å²) in [7, 11) is -1.96. The zero-order valence-corrected chi connectivity index (χ0v) is 16.3. The van der Waals surface area contributed by atoms with Crippen molar-refractivity contribution in [3.8, 4) is 0 Å². The van der Waals surface area contributed by atoms with E-state index in [1.54, 1.807) is 0 Å². The summed E-state index contributed by atoms with van der Waals surface area (Å²) in [5.41, 5.74) is -0.562. The van der Waals surface area contributed by atoms with Crippen LogP contribution in [0.3, 0.4) is 0 Å². The highest BCUT2D eigenvalue weighted by Crippen LogP contribution is 2.38. The van der Waals surface area contributed by atoms with E-state index in [1.807, 2.05) is 20.8 Å². The van der Waals surface area contributed by atoms with Crippen molar-refractivity contribution in [2.45, 2.75) is 77.8 Å². The summed E-state index contributed by atoms with van der Waals surface area (Å²) >= 11 is 0. The molecule has 128 valence electrons. The maximum Gasteiger partial charge on any atom is 0.410 e. The lowest BCUT2D eigenvalue weighted by Crippen LogP contribution is -2.53. The van der Waals surface area contributed by atoms with Crippen LogP contribution in [0.4, 0.5) is 4.79 Å². The Morgan fingerprint density at radius 2 is 1.73 bits per heavy atom. The van der Waals surface area contributed by atoms with Crippen molar-refractivity contribution in [1.29, 1.82) is 0 Å². The number of hydrogen-bond acceptors (Lipinski definition) is 4. The van der Waals surface area contributed by atoms with Crippen molar-refractivity contribution in [3.05, 3.63) is 0 Å². The Morgan fingerprint density at radius 1 is 1.18 bits per heavy atom. The monoisotopic (exact) mass is 329 g/mol. The maximum absolute atomic E-state index is 12.2. The van der Waals surface area contributed by atoms with Gasteiger partial charge in [-0.25, -0.2) is 4.79 Å². The van der Waals surface area contributed by atoms with Crippen LogP contribution in [0.5, 0.6) is 0 Å². The molecule has 0 aromatic rings. The average Bonchev–Trinajstić information content (AvgIpc) is 2.23. The lowest BCUT2D eigenvalue weighted by atomic mass is 10.1. The van der Waals surface area contributed by atoms with E-state index in [9.17, 15) is 9.59 Å². The highest BCUT2D eigenvalue weighted by molar-refractivity contribution is 6.74. The fourth-order valence-corrected chi connectivity index (χ4v) is 3.39. The summed E-state index contributed by atoms with van der Waals surface area (Å²) in [6, 6.07) is 0. The lowest BCUT2D eigenvalue weighted by molar-refractivity contribution is -0.125. The summed E-state index contributed by atoms with van der Waals surface area (Å²) in [5.74, 6) is 0.0285. The molecule has 1 amide bonds. The van der Waals surface area contributed by atoms with Gasteiger partial charge < -0.3 is 9.16 Å². The minimum Gasteiger partial charge on any atom is -0.444 e. The number of amides is 1. The molecule has 22 heavy (non-hydrogen) atoms. The van der Waals surface area contributed by atoms with Gasteiger partial charge in [0.15, 0.2) is 14.1 Å². The first-order chi connectivity index (χ1) is 9.71. The fraction of sp³-hybridized carbons (Fsp3) is 0.875. The summed E-state index contributed by atoms with van der Waals surface area (Å²) in [4.78, 5) is 25.6. The van der Waals surface area contributed by atoms with Gasteiger partial charge in [-0.1, -0.05) is 20.8 Å². The number of ether oxygens (including phenoxy) is 1. The lowest BCUT2D eigenvalue weighted by Gasteiger charge is -2.42. The van der Waals surface area contributed by atoms with Gasteiger partial charge in [0.25, 0.3) is 0 Å². The first-order valence-corrected chi connectivity index (χ1v) is 10.8. The first-order valence-electron chi connectivity index (χ1n) is 7.89. The molecule has 0 aliphatic carbocycles. The third kappa shape index (κ3) is 5.39. The third-order valence-electron chi connectivity index (χ3n) is 4.17. The second-order valence-corrected chi connectivity index (χ2v) is 13.4. The normalized spacial score (nSPS) is 21.0. The Bertz CT molecular complexity index is 434. The number of hydrogen-bond donors (Lipinski definition) is 0. The highest BCUT2D eigenvalue weighted by atomic mass is 28.4. The molecule has 1 heterocycles. The van der Waals surface area contributed by atoms with E-state index in [0.717, 1.165) is 0 Å². The molecule has 1 aliphatic heterocycles. The van der Waals surface area contributed by atoms with Crippen LogP contribution in [0.1, 0.15) is 48.0 Å². The van der Waals surface area contributed by atoms with Crippen LogP contribution in [0.15, 0.2) is 0 Å². The van der Waals surface area contributed by atoms with Crippen LogP contribution < -0.4 is 0 Å². The van der Waals surface area contributed by atoms with E-state index in [-0.39, 0.29) is 23.5 Å². The summed E-state index contributed by atoms with van der Waals surface area (Å²) < 4.78 is 11.7. The minimum atomic E-state index is -1.96. The average molecular weight is 330 g/mol. The van der Waals surface area contributed by atoms with Crippen molar-refractivity contribution >= 4 is 20.2 Å². The smallest absolute Gasteiger partial charge is 0.410 e. The van der Waals surface area contributed by atoms with Crippen LogP contribution in [0, 0.1) is 0 Å². The molecular formula is C16H31NO4Si. The predicted molar refractivity (Wildman–Crippen MR) is 89.5 cm³/mol. The molecule has 6 heteroatoms. The van der Waals surface area contributed by atoms with Gasteiger partial charge in [0.2, 0.25) is 0 Å². The second-order valence-electron chi connectivity index (χ2n) is 8.60. The third-order valence-corrected chi connectivity index (χ3v) is 8.70. The van der Waals surface area contributed by atoms with E-state index in [1.165, 1.54) is 4.90 Å². The molecule has 1 fully saturated rings. The number of Topliss-reactive ketones (excluding diaryl/α,β-unsaturated/α-hetero) is 1. The van der Waals surface area contributed by atoms with Gasteiger partial charge in [-0.05, 0) is 38.9 Å². The number of piperidine rings is 1. The van der Waals surface area contributed by atoms with Gasteiger partial charge >= 0.3 is 6.09 Å². The van der Waals surface area contributed by atoms with Gasteiger partial charge in [0, 0.05) is 13.0 Å².